The molecule has 0 amide bonds. The van der Waals surface area contributed by atoms with Gasteiger partial charge >= 0.3 is 0 Å². The van der Waals surface area contributed by atoms with Crippen LogP contribution in [0.1, 0.15) is 42.9 Å². The predicted molar refractivity (Wildman–Crippen MR) is 77.5 cm³/mol. The predicted octanol–water partition coefficient (Wildman–Crippen LogP) is 2.50. The minimum atomic E-state index is 0.211. The summed E-state index contributed by atoms with van der Waals surface area (Å²) in [7, 11) is 0. The number of fused-ring (bicyclic) bond motifs is 1. The Bertz CT molecular complexity index is 427. The summed E-state index contributed by atoms with van der Waals surface area (Å²) < 4.78 is 5.97. The first-order chi connectivity index (χ1) is 9.34. The van der Waals surface area contributed by atoms with Crippen LogP contribution in [0.5, 0.6) is 5.75 Å². The summed E-state index contributed by atoms with van der Waals surface area (Å²) in [6, 6.07) is 6.51. The van der Waals surface area contributed by atoms with Gasteiger partial charge in [-0.25, -0.2) is 0 Å². The summed E-state index contributed by atoms with van der Waals surface area (Å²) in [4.78, 5) is 2.54. The highest BCUT2D eigenvalue weighted by Gasteiger charge is 2.22. The van der Waals surface area contributed by atoms with Crippen molar-refractivity contribution in [2.75, 3.05) is 26.2 Å². The third-order valence-corrected chi connectivity index (χ3v) is 4.35. The zero-order valence-corrected chi connectivity index (χ0v) is 11.6. The first-order valence-electron chi connectivity index (χ1n) is 7.57. The lowest BCUT2D eigenvalue weighted by Gasteiger charge is -2.15. The molecule has 2 N–H and O–H groups in total. The van der Waals surface area contributed by atoms with Crippen molar-refractivity contribution >= 4 is 0 Å². The molecule has 1 atom stereocenters. The van der Waals surface area contributed by atoms with E-state index in [2.05, 4.69) is 23.1 Å². The second-order valence-electron chi connectivity index (χ2n) is 5.72. The van der Waals surface area contributed by atoms with Crippen LogP contribution >= 0.6 is 0 Å². The molecule has 0 bridgehead atoms. The molecule has 0 radical (unpaired) electrons. The lowest BCUT2D eigenvalue weighted by atomic mass is 10.1. The zero-order valence-electron chi connectivity index (χ0n) is 11.6. The number of nitrogens with two attached hydrogens (primary N) is 1. The van der Waals surface area contributed by atoms with Crippen LogP contribution in [0, 0.1) is 0 Å². The van der Waals surface area contributed by atoms with Gasteiger partial charge in [0, 0.05) is 12.6 Å². The first kappa shape index (κ1) is 12.9. The van der Waals surface area contributed by atoms with E-state index in [1.54, 1.807) is 0 Å². The van der Waals surface area contributed by atoms with Gasteiger partial charge in [-0.15, -0.1) is 0 Å². The summed E-state index contributed by atoms with van der Waals surface area (Å²) in [5, 5.41) is 0. The van der Waals surface area contributed by atoms with E-state index in [1.165, 1.54) is 43.6 Å². The highest BCUT2D eigenvalue weighted by molar-refractivity contribution is 5.44. The molecule has 3 rings (SSSR count). The number of benzene rings is 1. The fourth-order valence-corrected chi connectivity index (χ4v) is 3.26. The minimum Gasteiger partial charge on any atom is -0.493 e. The summed E-state index contributed by atoms with van der Waals surface area (Å²) in [6.45, 7) is 4.54. The maximum Gasteiger partial charge on any atom is 0.122 e. The highest BCUT2D eigenvalue weighted by Crippen LogP contribution is 2.35. The lowest BCUT2D eigenvalue weighted by molar-refractivity contribution is 0.262. The van der Waals surface area contributed by atoms with Crippen LogP contribution in [0.15, 0.2) is 18.2 Å². The Labute approximate surface area is 115 Å². The summed E-state index contributed by atoms with van der Waals surface area (Å²) in [5.41, 5.74) is 8.72. The molecule has 19 heavy (non-hydrogen) atoms. The SMILES string of the molecule is NC1CCc2c(OCCCN3CCCC3)cccc21. The molecule has 0 spiro atoms. The minimum absolute atomic E-state index is 0.211. The van der Waals surface area contributed by atoms with Crippen molar-refractivity contribution in [3.8, 4) is 5.75 Å². The topological polar surface area (TPSA) is 38.5 Å². The first-order valence-corrected chi connectivity index (χ1v) is 7.57. The van der Waals surface area contributed by atoms with Crippen LogP contribution in [0.4, 0.5) is 0 Å². The molecule has 3 nitrogen and oxygen atoms in total. The second kappa shape index (κ2) is 5.93. The van der Waals surface area contributed by atoms with Gasteiger partial charge in [-0.2, -0.15) is 0 Å². The standard InChI is InChI=1S/C16H24N2O/c17-15-8-7-14-13(15)5-3-6-16(14)19-12-4-11-18-9-1-2-10-18/h3,5-6,15H,1-2,4,7-12,17H2. The van der Waals surface area contributed by atoms with Crippen molar-refractivity contribution in [1.29, 1.82) is 0 Å². The molecule has 3 heteroatoms. The van der Waals surface area contributed by atoms with Crippen LogP contribution in [0.2, 0.25) is 0 Å². The van der Waals surface area contributed by atoms with Crippen LogP contribution in [-0.4, -0.2) is 31.1 Å². The number of hydrogen-bond acceptors (Lipinski definition) is 3. The van der Waals surface area contributed by atoms with Gasteiger partial charge in [0.05, 0.1) is 6.61 Å². The Hall–Kier alpha value is -1.06. The van der Waals surface area contributed by atoms with E-state index in [1.807, 2.05) is 0 Å². The van der Waals surface area contributed by atoms with Gasteiger partial charge in [-0.3, -0.25) is 0 Å². The van der Waals surface area contributed by atoms with Crippen LogP contribution in [-0.2, 0) is 6.42 Å². The molecule has 1 aromatic carbocycles. The molecule has 1 aliphatic carbocycles. The quantitative estimate of drug-likeness (QED) is 0.827. The molecule has 1 heterocycles. The summed E-state index contributed by atoms with van der Waals surface area (Å²) >= 11 is 0. The average Bonchev–Trinajstić information content (AvgIpc) is 3.06. The molecule has 1 aromatic rings. The van der Waals surface area contributed by atoms with Gasteiger partial charge in [0.25, 0.3) is 0 Å². The normalized spacial score (nSPS) is 22.7. The maximum atomic E-state index is 6.09. The van der Waals surface area contributed by atoms with E-state index >= 15 is 0 Å². The summed E-state index contributed by atoms with van der Waals surface area (Å²) in [5.74, 6) is 1.06. The van der Waals surface area contributed by atoms with E-state index < -0.39 is 0 Å². The number of likely N-dealkylation sites (tertiary alicyclic amines) is 1. The fraction of sp³-hybridized carbons (Fsp3) is 0.625. The largest absolute Gasteiger partial charge is 0.493 e. The van der Waals surface area contributed by atoms with Gasteiger partial charge in [0.1, 0.15) is 5.75 Å². The molecule has 1 unspecified atom stereocenters. The Morgan fingerprint density at radius 3 is 2.95 bits per heavy atom. The smallest absolute Gasteiger partial charge is 0.122 e. The number of rotatable bonds is 5. The molecular formula is C16H24N2O. The number of nitrogens with zero attached hydrogens (tertiary/aromatic N) is 1. The monoisotopic (exact) mass is 260 g/mol. The van der Waals surface area contributed by atoms with E-state index in [-0.39, 0.29) is 6.04 Å². The third-order valence-electron chi connectivity index (χ3n) is 4.35. The summed E-state index contributed by atoms with van der Waals surface area (Å²) in [6.07, 6.45) is 5.98. The highest BCUT2D eigenvalue weighted by atomic mass is 16.5. The van der Waals surface area contributed by atoms with Gasteiger partial charge in [0.2, 0.25) is 0 Å². The van der Waals surface area contributed by atoms with E-state index in [9.17, 15) is 0 Å². The van der Waals surface area contributed by atoms with Crippen molar-refractivity contribution in [3.63, 3.8) is 0 Å². The third kappa shape index (κ3) is 2.93. The van der Waals surface area contributed by atoms with Crippen LogP contribution < -0.4 is 10.5 Å². The molecule has 1 saturated heterocycles. The van der Waals surface area contributed by atoms with E-state index in [0.29, 0.717) is 0 Å². The van der Waals surface area contributed by atoms with Gasteiger partial charge in [0.15, 0.2) is 0 Å². The molecule has 2 aliphatic rings. The second-order valence-corrected chi connectivity index (χ2v) is 5.72. The lowest BCUT2D eigenvalue weighted by Crippen LogP contribution is -2.22. The maximum absolute atomic E-state index is 6.09. The molecule has 0 saturated carbocycles. The molecule has 1 fully saturated rings. The average molecular weight is 260 g/mol. The number of ether oxygens (including phenoxy) is 1. The van der Waals surface area contributed by atoms with E-state index in [4.69, 9.17) is 10.5 Å². The Balaban J connectivity index is 1.50. The van der Waals surface area contributed by atoms with Crippen molar-refractivity contribution in [2.45, 2.75) is 38.1 Å². The van der Waals surface area contributed by atoms with Crippen molar-refractivity contribution in [1.82, 2.24) is 4.90 Å². The Morgan fingerprint density at radius 1 is 1.26 bits per heavy atom. The number of hydrogen-bond donors (Lipinski definition) is 1. The zero-order chi connectivity index (χ0) is 13.1. The van der Waals surface area contributed by atoms with Crippen molar-refractivity contribution in [3.05, 3.63) is 29.3 Å². The van der Waals surface area contributed by atoms with Crippen LogP contribution in [0.3, 0.4) is 0 Å². The van der Waals surface area contributed by atoms with Gasteiger partial charge in [-0.05, 0) is 62.4 Å². The van der Waals surface area contributed by atoms with E-state index in [0.717, 1.165) is 31.6 Å². The molecule has 1 aliphatic heterocycles. The van der Waals surface area contributed by atoms with Gasteiger partial charge in [-0.1, -0.05) is 12.1 Å². The van der Waals surface area contributed by atoms with Crippen molar-refractivity contribution < 1.29 is 4.74 Å². The Kier molecular flexibility index (Phi) is 4.04. The molecular weight excluding hydrogens is 236 g/mol. The van der Waals surface area contributed by atoms with Crippen molar-refractivity contribution in [2.24, 2.45) is 5.73 Å². The van der Waals surface area contributed by atoms with Crippen LogP contribution in [0.25, 0.3) is 0 Å². The Morgan fingerprint density at radius 2 is 2.11 bits per heavy atom. The fourth-order valence-electron chi connectivity index (χ4n) is 3.26. The molecule has 0 aromatic heterocycles. The molecule has 104 valence electrons. The van der Waals surface area contributed by atoms with Gasteiger partial charge < -0.3 is 15.4 Å².